The van der Waals surface area contributed by atoms with Crippen molar-refractivity contribution in [2.24, 2.45) is 0 Å². The summed E-state index contributed by atoms with van der Waals surface area (Å²) in [5.74, 6) is -4.89. The Labute approximate surface area is 445 Å². The molecule has 4 atom stereocenters. The van der Waals surface area contributed by atoms with Crippen LogP contribution in [0, 0.1) is 23.3 Å². The summed E-state index contributed by atoms with van der Waals surface area (Å²) >= 11 is 5.83. The molecular weight excluding hydrogens is 1080 g/mol. The van der Waals surface area contributed by atoms with Crippen molar-refractivity contribution in [2.45, 2.75) is 44.3 Å². The first-order valence-electron chi connectivity index (χ1n) is 23.2. The first-order chi connectivity index (χ1) is 36.8. The Morgan fingerprint density at radius 1 is 0.658 bits per heavy atom. The molecule has 2 saturated heterocycles. The highest BCUT2D eigenvalue weighted by atomic mass is 32.2. The summed E-state index contributed by atoms with van der Waals surface area (Å²) in [6, 6.07) is 10.3. The molecule has 0 bridgehead atoms. The van der Waals surface area contributed by atoms with Gasteiger partial charge < -0.3 is 43.0 Å². The highest BCUT2D eigenvalue weighted by Crippen LogP contribution is 2.49. The Kier molecular flexibility index (Phi) is 14.0. The highest BCUT2D eigenvalue weighted by Gasteiger charge is 2.49. The predicted octanol–water partition coefficient (Wildman–Crippen LogP) is 7.28. The second kappa shape index (κ2) is 20.9. The minimum atomic E-state index is -1.15. The molecule has 10 heterocycles. The lowest BCUT2D eigenvalue weighted by atomic mass is 9.94. The topological polar surface area (TPSA) is 173 Å². The molecule has 396 valence electrons. The van der Waals surface area contributed by atoms with Crippen molar-refractivity contribution in [3.8, 4) is 11.5 Å². The Morgan fingerprint density at radius 3 is 1.63 bits per heavy atom. The van der Waals surface area contributed by atoms with Crippen LogP contribution in [0.3, 0.4) is 0 Å². The maximum Gasteiger partial charge on any atom is 0.513 e. The minimum absolute atomic E-state index is 0.00917. The fourth-order valence-corrected chi connectivity index (χ4v) is 14.4. The molecule has 2 amide bonds. The summed E-state index contributed by atoms with van der Waals surface area (Å²) in [5, 5.41) is 7.54. The maximum absolute atomic E-state index is 15.2. The number of rotatable bonds is 8. The Bertz CT molecular complexity index is 3460. The van der Waals surface area contributed by atoms with Gasteiger partial charge in [0.1, 0.15) is 24.4 Å². The van der Waals surface area contributed by atoms with Gasteiger partial charge in [-0.15, -0.1) is 46.2 Å². The molecule has 0 aliphatic carbocycles. The Balaban J connectivity index is 0.000000162. The van der Waals surface area contributed by atoms with Gasteiger partial charge in [-0.25, -0.2) is 22.4 Å². The van der Waals surface area contributed by atoms with Gasteiger partial charge in [0.25, 0.3) is 17.8 Å². The molecule has 12 rings (SSSR count). The van der Waals surface area contributed by atoms with Crippen LogP contribution < -0.4 is 30.3 Å². The molecule has 6 aliphatic rings. The van der Waals surface area contributed by atoms with Crippen LogP contribution in [0.1, 0.15) is 66.4 Å². The van der Waals surface area contributed by atoms with Crippen molar-refractivity contribution in [1.29, 1.82) is 0 Å². The molecule has 2 fully saturated rings. The van der Waals surface area contributed by atoms with E-state index in [0.717, 1.165) is 38.8 Å². The number of ether oxygens (including phenoxy) is 7. The second-order valence-corrected chi connectivity index (χ2v) is 21.7. The van der Waals surface area contributed by atoms with E-state index in [9.17, 15) is 32.8 Å². The van der Waals surface area contributed by atoms with Gasteiger partial charge >= 0.3 is 6.16 Å². The van der Waals surface area contributed by atoms with Crippen molar-refractivity contribution >= 4 is 64.2 Å². The minimum Gasteiger partial charge on any atom is -0.469 e. The molecule has 0 unspecified atom stereocenters. The van der Waals surface area contributed by atoms with E-state index < -0.39 is 89.1 Å². The molecule has 4 aromatic heterocycles. The number of benzene rings is 2. The lowest BCUT2D eigenvalue weighted by molar-refractivity contribution is -0.0238. The zero-order chi connectivity index (χ0) is 53.1. The van der Waals surface area contributed by atoms with Gasteiger partial charge in [-0.05, 0) is 52.7 Å². The maximum atomic E-state index is 15.2. The van der Waals surface area contributed by atoms with Crippen molar-refractivity contribution in [1.82, 2.24) is 19.2 Å². The summed E-state index contributed by atoms with van der Waals surface area (Å²) in [6.45, 7) is 4.49. The van der Waals surface area contributed by atoms with Crippen LogP contribution in [0.15, 0.2) is 102 Å². The van der Waals surface area contributed by atoms with E-state index in [1.165, 1.54) is 87.4 Å². The van der Waals surface area contributed by atoms with E-state index in [2.05, 4.69) is 11.3 Å². The van der Waals surface area contributed by atoms with Crippen molar-refractivity contribution in [3.63, 3.8) is 0 Å². The number of carbonyl (C=O) groups is 3. The van der Waals surface area contributed by atoms with Gasteiger partial charge in [0.05, 0.1) is 49.1 Å². The van der Waals surface area contributed by atoms with E-state index in [1.807, 2.05) is 27.9 Å². The lowest BCUT2D eigenvalue weighted by Crippen LogP contribution is -2.66. The molecule has 18 nitrogen and oxygen atoms in total. The number of thiophene rings is 2. The molecule has 0 saturated carbocycles. The summed E-state index contributed by atoms with van der Waals surface area (Å²) in [7, 11) is 2.46. The molecule has 26 heteroatoms. The number of carbonyl (C=O) groups excluding carboxylic acids is 3. The summed E-state index contributed by atoms with van der Waals surface area (Å²) in [4.78, 5) is 68.3. The quantitative estimate of drug-likeness (QED) is 0.0644. The van der Waals surface area contributed by atoms with E-state index in [1.54, 1.807) is 26.7 Å². The van der Waals surface area contributed by atoms with Crippen LogP contribution in [0.2, 0.25) is 0 Å². The highest BCUT2D eigenvalue weighted by molar-refractivity contribution is 8.00. The van der Waals surface area contributed by atoms with E-state index >= 15 is 8.78 Å². The smallest absolute Gasteiger partial charge is 0.469 e. The van der Waals surface area contributed by atoms with Gasteiger partial charge in [0, 0.05) is 71.4 Å². The van der Waals surface area contributed by atoms with Crippen LogP contribution in [-0.2, 0) is 35.2 Å². The molecular formula is C50H42F4N6O12S4. The number of thioether (sulfide) groups is 2. The third-order valence-electron chi connectivity index (χ3n) is 13.5. The van der Waals surface area contributed by atoms with Crippen LogP contribution in [-0.4, -0.2) is 110 Å². The number of amides is 2. The van der Waals surface area contributed by atoms with Gasteiger partial charge in [0.15, 0.2) is 34.7 Å². The Morgan fingerprint density at radius 2 is 1.14 bits per heavy atom. The van der Waals surface area contributed by atoms with E-state index in [-0.39, 0.29) is 78.6 Å². The third-order valence-corrected chi connectivity index (χ3v) is 18.1. The number of morpholine rings is 2. The van der Waals surface area contributed by atoms with Crippen molar-refractivity contribution in [3.05, 3.63) is 173 Å². The first kappa shape index (κ1) is 51.2. The zero-order valence-corrected chi connectivity index (χ0v) is 43.3. The summed E-state index contributed by atoms with van der Waals surface area (Å²) in [6.07, 6.45) is 0.510. The van der Waals surface area contributed by atoms with Gasteiger partial charge in [-0.2, -0.15) is 0 Å². The first-order valence-corrected chi connectivity index (χ1v) is 27.0. The number of methoxy groups -OCH3 is 2. The molecule has 6 aromatic rings. The number of aromatic nitrogens is 2. The Hall–Kier alpha value is -6.97. The lowest BCUT2D eigenvalue weighted by Gasteiger charge is -2.51. The van der Waals surface area contributed by atoms with Gasteiger partial charge in [-0.3, -0.25) is 38.5 Å². The second-order valence-electron chi connectivity index (χ2n) is 17.4. The number of pyridine rings is 2. The number of hydrogen-bond donors (Lipinski definition) is 0. The van der Waals surface area contributed by atoms with Crippen LogP contribution in [0.5, 0.6) is 11.5 Å². The molecule has 6 aliphatic heterocycles. The largest absolute Gasteiger partial charge is 0.513 e. The average molecular weight is 1120 g/mol. The average Bonchev–Trinajstić information content (AvgIpc) is 4.16. The molecule has 0 spiro atoms. The number of hydrogen-bond acceptors (Lipinski definition) is 18. The monoisotopic (exact) mass is 1120 g/mol. The van der Waals surface area contributed by atoms with Crippen LogP contribution in [0.25, 0.3) is 0 Å². The van der Waals surface area contributed by atoms with E-state index in [4.69, 9.17) is 28.4 Å². The summed E-state index contributed by atoms with van der Waals surface area (Å²) in [5.41, 5.74) is 1.87. The van der Waals surface area contributed by atoms with Gasteiger partial charge in [0.2, 0.25) is 29.1 Å². The number of fused-ring (bicyclic) bond motifs is 8. The summed E-state index contributed by atoms with van der Waals surface area (Å²) < 4.78 is 101. The molecule has 76 heavy (non-hydrogen) atoms. The molecule has 0 radical (unpaired) electrons. The van der Waals surface area contributed by atoms with Crippen molar-refractivity contribution < 1.29 is 65.1 Å². The zero-order valence-electron chi connectivity index (χ0n) is 40.0. The SMILES string of the molecule is C=C(OC)OCOc1c2n(ccc1=O)N([C@H]1c3ccsc3SCc3c1ccc(F)c3F)[C@@H]1COCCN1C2=O.COC(=O)Oc1c2n(ccc1=O)N([C@H]1c3ccsc3SCc3c1ccc(F)c3F)[C@@H]1COCCN1C2=O. The number of nitrogens with zero attached hydrogens (tertiary/aromatic N) is 6. The van der Waals surface area contributed by atoms with Crippen LogP contribution >= 0.6 is 46.2 Å². The predicted molar refractivity (Wildman–Crippen MR) is 269 cm³/mol. The van der Waals surface area contributed by atoms with Gasteiger partial charge in [-0.1, -0.05) is 12.1 Å². The molecule has 0 N–H and O–H groups in total. The normalized spacial score (nSPS) is 20.1. The fraction of sp³-hybridized carbons (Fsp3) is 0.300. The third kappa shape index (κ3) is 8.72. The fourth-order valence-electron chi connectivity index (χ4n) is 10.1. The van der Waals surface area contributed by atoms with Crippen molar-refractivity contribution in [2.75, 3.05) is 70.5 Å². The molecule has 2 aromatic carbocycles. The standard InChI is InChI=1S/C26H23F2N3O6S2.C24H19F2N3O6S2/c1-14(34-2)36-13-37-24-19(32)5-7-30-23(24)25(33)29-8-9-35-11-20(29)31(30)22-15-3-4-18(27)21(28)17(15)12-39-26-16(22)6-10-38-26;1-33-24(32)35-21-16(30)4-6-28-20(21)22(31)27-7-8-34-10-17(27)29(28)19-12-2-3-15(25)18(26)14(12)11-37-23-13(19)5-9-36-23/h3-7,10,20,22H,1,8-9,11-13H2,2H3;2-6,9,17,19H,7-8,10-11H2,1H3/t20-,22-;17-,19-/m11/s1. The number of halogens is 4. The van der Waals surface area contributed by atoms with E-state index in [0.29, 0.717) is 17.7 Å². The van der Waals surface area contributed by atoms with Crippen LogP contribution in [0.4, 0.5) is 22.4 Å².